The van der Waals surface area contributed by atoms with Crippen LogP contribution in [0, 0.1) is 6.92 Å². The van der Waals surface area contributed by atoms with Gasteiger partial charge in [-0.3, -0.25) is 14.4 Å². The summed E-state index contributed by atoms with van der Waals surface area (Å²) in [5.74, 6) is 0.157. The van der Waals surface area contributed by atoms with Crippen molar-refractivity contribution in [1.29, 1.82) is 0 Å². The zero-order valence-electron chi connectivity index (χ0n) is 17.5. The SMILES string of the molecule is COc1ccc(C2CC(=O)c3cc(C(=O)NCc4ccc(C)cc4)c(=O)[nH]c3C2)cc1. The minimum Gasteiger partial charge on any atom is -0.497 e. The van der Waals surface area contributed by atoms with E-state index in [1.54, 1.807) is 7.11 Å². The smallest absolute Gasteiger partial charge is 0.261 e. The predicted octanol–water partition coefficient (Wildman–Crippen LogP) is 3.53. The van der Waals surface area contributed by atoms with E-state index in [1.807, 2.05) is 55.5 Å². The van der Waals surface area contributed by atoms with Gasteiger partial charge in [-0.1, -0.05) is 42.0 Å². The highest BCUT2D eigenvalue weighted by atomic mass is 16.5. The lowest BCUT2D eigenvalue weighted by Crippen LogP contribution is -2.32. The van der Waals surface area contributed by atoms with Gasteiger partial charge < -0.3 is 15.0 Å². The van der Waals surface area contributed by atoms with Crippen LogP contribution in [-0.4, -0.2) is 23.8 Å². The molecular formula is C25H24N2O4. The molecule has 6 heteroatoms. The van der Waals surface area contributed by atoms with Crippen LogP contribution in [0.5, 0.6) is 5.75 Å². The van der Waals surface area contributed by atoms with Crippen LogP contribution in [0.1, 0.15) is 55.4 Å². The standard InChI is InChI=1S/C25H24N2O4/c1-15-3-5-16(6-4-15)14-26-24(29)21-13-20-22(27-25(21)30)11-18(12-23(20)28)17-7-9-19(31-2)10-8-17/h3-10,13,18H,11-12,14H2,1-2H3,(H,26,29)(H,27,30). The molecule has 1 amide bonds. The number of nitrogens with one attached hydrogen (secondary N) is 2. The van der Waals surface area contributed by atoms with Gasteiger partial charge in [0.2, 0.25) is 0 Å². The Morgan fingerprint density at radius 1 is 1.06 bits per heavy atom. The number of hydrogen-bond acceptors (Lipinski definition) is 4. The van der Waals surface area contributed by atoms with Crippen LogP contribution in [0.4, 0.5) is 0 Å². The first-order chi connectivity index (χ1) is 14.9. The van der Waals surface area contributed by atoms with Crippen molar-refractivity contribution < 1.29 is 14.3 Å². The average molecular weight is 416 g/mol. The third-order valence-electron chi connectivity index (χ3n) is 5.71. The number of hydrogen-bond donors (Lipinski definition) is 2. The Kier molecular flexibility index (Phi) is 5.71. The van der Waals surface area contributed by atoms with E-state index in [9.17, 15) is 14.4 Å². The van der Waals surface area contributed by atoms with Crippen LogP contribution in [0.3, 0.4) is 0 Å². The zero-order valence-corrected chi connectivity index (χ0v) is 17.5. The summed E-state index contributed by atoms with van der Waals surface area (Å²) in [5, 5.41) is 2.76. The zero-order chi connectivity index (χ0) is 22.0. The summed E-state index contributed by atoms with van der Waals surface area (Å²) in [6.45, 7) is 2.30. The summed E-state index contributed by atoms with van der Waals surface area (Å²) in [6.07, 6.45) is 0.865. The van der Waals surface area contributed by atoms with E-state index in [-0.39, 0.29) is 17.3 Å². The number of ether oxygens (including phenoxy) is 1. The number of aromatic nitrogens is 1. The van der Waals surface area contributed by atoms with Crippen molar-refractivity contribution in [2.24, 2.45) is 0 Å². The first kappa shape index (κ1) is 20.6. The lowest BCUT2D eigenvalue weighted by Gasteiger charge is -2.24. The largest absolute Gasteiger partial charge is 0.497 e. The van der Waals surface area contributed by atoms with Gasteiger partial charge in [0.05, 0.1) is 7.11 Å². The second-order valence-corrected chi connectivity index (χ2v) is 7.87. The Bertz CT molecular complexity index is 1180. The summed E-state index contributed by atoms with van der Waals surface area (Å²) < 4.78 is 5.19. The maximum atomic E-state index is 12.8. The van der Waals surface area contributed by atoms with E-state index in [2.05, 4.69) is 10.3 Å². The molecule has 6 nitrogen and oxygen atoms in total. The van der Waals surface area contributed by atoms with Crippen molar-refractivity contribution in [3.05, 3.63) is 98.5 Å². The molecule has 1 aromatic heterocycles. The molecule has 0 spiro atoms. The van der Waals surface area contributed by atoms with E-state index < -0.39 is 11.5 Å². The van der Waals surface area contributed by atoms with Crippen LogP contribution >= 0.6 is 0 Å². The summed E-state index contributed by atoms with van der Waals surface area (Å²) in [5.41, 5.74) is 3.56. The number of fused-ring (bicyclic) bond motifs is 1. The maximum absolute atomic E-state index is 12.8. The molecule has 1 aliphatic rings. The fourth-order valence-corrected chi connectivity index (χ4v) is 3.89. The fraction of sp³-hybridized carbons (Fsp3) is 0.240. The van der Waals surface area contributed by atoms with Crippen LogP contribution in [0.2, 0.25) is 0 Å². The number of pyridine rings is 1. The Morgan fingerprint density at radius 2 is 1.77 bits per heavy atom. The summed E-state index contributed by atoms with van der Waals surface area (Å²) in [6, 6.07) is 16.8. The summed E-state index contributed by atoms with van der Waals surface area (Å²) in [4.78, 5) is 40.8. The number of aryl methyl sites for hydroxylation is 1. The van der Waals surface area contributed by atoms with Crippen LogP contribution < -0.4 is 15.6 Å². The molecular weight excluding hydrogens is 392 g/mol. The number of rotatable bonds is 5. The molecule has 1 heterocycles. The fourth-order valence-electron chi connectivity index (χ4n) is 3.89. The number of amides is 1. The van der Waals surface area contributed by atoms with Gasteiger partial charge in [0.1, 0.15) is 11.3 Å². The Balaban J connectivity index is 1.52. The Labute approximate surface area is 180 Å². The Hall–Kier alpha value is -3.67. The molecule has 0 bridgehead atoms. The molecule has 2 N–H and O–H groups in total. The third-order valence-corrected chi connectivity index (χ3v) is 5.71. The van der Waals surface area contributed by atoms with Gasteiger partial charge in [0.15, 0.2) is 5.78 Å². The second kappa shape index (κ2) is 8.60. The molecule has 0 fully saturated rings. The first-order valence-corrected chi connectivity index (χ1v) is 10.2. The Morgan fingerprint density at radius 3 is 2.45 bits per heavy atom. The van der Waals surface area contributed by atoms with Gasteiger partial charge in [0, 0.05) is 24.2 Å². The number of carbonyl (C=O) groups excluding carboxylic acids is 2. The lowest BCUT2D eigenvalue weighted by atomic mass is 9.81. The van der Waals surface area contributed by atoms with E-state index in [0.29, 0.717) is 30.6 Å². The third kappa shape index (κ3) is 4.43. The monoisotopic (exact) mass is 416 g/mol. The molecule has 0 saturated carbocycles. The number of benzene rings is 2. The number of carbonyl (C=O) groups is 2. The van der Waals surface area contributed by atoms with Gasteiger partial charge in [-0.05, 0) is 48.6 Å². The van der Waals surface area contributed by atoms with Gasteiger partial charge in [0.25, 0.3) is 11.5 Å². The number of H-pyrrole nitrogens is 1. The molecule has 31 heavy (non-hydrogen) atoms. The topological polar surface area (TPSA) is 88.3 Å². The molecule has 2 aromatic carbocycles. The lowest BCUT2D eigenvalue weighted by molar-refractivity contribution is 0.0949. The van der Waals surface area contributed by atoms with Crippen LogP contribution in [0.25, 0.3) is 0 Å². The summed E-state index contributed by atoms with van der Waals surface area (Å²) in [7, 11) is 1.61. The molecule has 3 aromatic rings. The maximum Gasteiger partial charge on any atom is 0.261 e. The molecule has 1 aliphatic carbocycles. The van der Waals surface area contributed by atoms with Crippen molar-refractivity contribution in [2.75, 3.05) is 7.11 Å². The van der Waals surface area contributed by atoms with Crippen molar-refractivity contribution >= 4 is 11.7 Å². The highest BCUT2D eigenvalue weighted by molar-refractivity contribution is 6.02. The van der Waals surface area contributed by atoms with Gasteiger partial charge >= 0.3 is 0 Å². The van der Waals surface area contributed by atoms with Gasteiger partial charge in [-0.2, -0.15) is 0 Å². The number of ketones is 1. The van der Waals surface area contributed by atoms with Crippen LogP contribution in [-0.2, 0) is 13.0 Å². The van der Waals surface area contributed by atoms with Crippen molar-refractivity contribution in [2.45, 2.75) is 32.2 Å². The van der Waals surface area contributed by atoms with Gasteiger partial charge in [-0.25, -0.2) is 0 Å². The van der Waals surface area contributed by atoms with Crippen molar-refractivity contribution in [3.8, 4) is 5.75 Å². The van der Waals surface area contributed by atoms with E-state index >= 15 is 0 Å². The molecule has 4 rings (SSSR count). The van der Waals surface area contributed by atoms with E-state index in [1.165, 1.54) is 6.07 Å². The minimum absolute atomic E-state index is 0.0252. The molecule has 1 atom stereocenters. The van der Waals surface area contributed by atoms with Crippen LogP contribution in [0.15, 0.2) is 59.4 Å². The molecule has 0 radical (unpaired) electrons. The summed E-state index contributed by atoms with van der Waals surface area (Å²) >= 11 is 0. The highest BCUT2D eigenvalue weighted by Crippen LogP contribution is 2.32. The number of methoxy groups -OCH3 is 1. The average Bonchev–Trinajstić information content (AvgIpc) is 2.78. The quantitative estimate of drug-likeness (QED) is 0.666. The first-order valence-electron chi connectivity index (χ1n) is 10.2. The molecule has 1 unspecified atom stereocenters. The van der Waals surface area contributed by atoms with E-state index in [0.717, 1.165) is 22.4 Å². The normalized spacial score (nSPS) is 15.3. The molecule has 0 aliphatic heterocycles. The van der Waals surface area contributed by atoms with Gasteiger partial charge in [-0.15, -0.1) is 0 Å². The van der Waals surface area contributed by atoms with Crippen molar-refractivity contribution in [1.82, 2.24) is 10.3 Å². The minimum atomic E-state index is -0.491. The van der Waals surface area contributed by atoms with E-state index in [4.69, 9.17) is 4.74 Å². The number of aromatic amines is 1. The molecule has 0 saturated heterocycles. The predicted molar refractivity (Wildman–Crippen MR) is 118 cm³/mol. The second-order valence-electron chi connectivity index (χ2n) is 7.87. The number of Topliss-reactive ketones (excluding diaryl/α,β-unsaturated/α-hetero) is 1. The molecule has 158 valence electrons. The highest BCUT2D eigenvalue weighted by Gasteiger charge is 2.28. The van der Waals surface area contributed by atoms with Crippen molar-refractivity contribution in [3.63, 3.8) is 0 Å².